The SMILES string of the molecule is CC(C)c1ccccc1OC1CC2(CCC1N)OCCO2. The fourth-order valence-corrected chi connectivity index (χ4v) is 3.25. The normalized spacial score (nSPS) is 28.2. The van der Waals surface area contributed by atoms with E-state index in [1.165, 1.54) is 5.56 Å². The lowest BCUT2D eigenvalue weighted by Gasteiger charge is -2.39. The van der Waals surface area contributed by atoms with Gasteiger partial charge >= 0.3 is 0 Å². The Hall–Kier alpha value is -1.10. The molecule has 2 aliphatic rings. The summed E-state index contributed by atoms with van der Waals surface area (Å²) in [5, 5.41) is 0. The third kappa shape index (κ3) is 3.07. The summed E-state index contributed by atoms with van der Waals surface area (Å²) in [6.45, 7) is 5.69. The van der Waals surface area contributed by atoms with E-state index >= 15 is 0 Å². The molecule has 2 fully saturated rings. The van der Waals surface area contributed by atoms with Gasteiger partial charge in [-0.25, -0.2) is 0 Å². The maximum atomic E-state index is 6.27. The zero-order valence-electron chi connectivity index (χ0n) is 12.9. The summed E-state index contributed by atoms with van der Waals surface area (Å²) in [6, 6.07) is 8.23. The molecular weight excluding hydrogens is 266 g/mol. The summed E-state index contributed by atoms with van der Waals surface area (Å²) in [6.07, 6.45) is 2.38. The molecular formula is C17H25NO3. The van der Waals surface area contributed by atoms with Crippen LogP contribution in [0.15, 0.2) is 24.3 Å². The van der Waals surface area contributed by atoms with Crippen molar-refractivity contribution in [3.63, 3.8) is 0 Å². The van der Waals surface area contributed by atoms with Crippen molar-refractivity contribution in [2.45, 2.75) is 57.0 Å². The molecule has 0 amide bonds. The average molecular weight is 291 g/mol. The lowest BCUT2D eigenvalue weighted by molar-refractivity contribution is -0.195. The molecule has 116 valence electrons. The highest BCUT2D eigenvalue weighted by Crippen LogP contribution is 2.38. The lowest BCUT2D eigenvalue weighted by atomic mass is 9.87. The molecule has 1 spiro atoms. The largest absolute Gasteiger partial charge is 0.488 e. The van der Waals surface area contributed by atoms with Gasteiger partial charge in [-0.15, -0.1) is 0 Å². The minimum absolute atomic E-state index is 0.0312. The van der Waals surface area contributed by atoms with E-state index in [4.69, 9.17) is 19.9 Å². The average Bonchev–Trinajstić information content (AvgIpc) is 2.92. The molecule has 1 aliphatic carbocycles. The molecule has 0 aromatic heterocycles. The Morgan fingerprint density at radius 1 is 1.24 bits per heavy atom. The molecule has 2 unspecified atom stereocenters. The number of rotatable bonds is 3. The van der Waals surface area contributed by atoms with E-state index in [1.807, 2.05) is 18.2 Å². The Bertz CT molecular complexity index is 483. The van der Waals surface area contributed by atoms with Crippen LogP contribution in [0, 0.1) is 0 Å². The highest BCUT2D eigenvalue weighted by molar-refractivity contribution is 5.35. The quantitative estimate of drug-likeness (QED) is 0.930. The lowest BCUT2D eigenvalue weighted by Crippen LogP contribution is -2.51. The van der Waals surface area contributed by atoms with Gasteiger partial charge in [0.25, 0.3) is 0 Å². The molecule has 0 radical (unpaired) electrons. The Balaban J connectivity index is 1.76. The number of hydrogen-bond donors (Lipinski definition) is 1. The third-order valence-corrected chi connectivity index (χ3v) is 4.48. The van der Waals surface area contributed by atoms with Crippen molar-refractivity contribution in [1.82, 2.24) is 0 Å². The predicted molar refractivity (Wildman–Crippen MR) is 81.4 cm³/mol. The molecule has 0 bridgehead atoms. The molecule has 2 atom stereocenters. The van der Waals surface area contributed by atoms with Gasteiger partial charge in [0.05, 0.1) is 13.2 Å². The maximum absolute atomic E-state index is 6.27. The summed E-state index contributed by atoms with van der Waals surface area (Å²) < 4.78 is 17.9. The van der Waals surface area contributed by atoms with Crippen LogP contribution >= 0.6 is 0 Å². The van der Waals surface area contributed by atoms with E-state index in [-0.39, 0.29) is 12.1 Å². The highest BCUT2D eigenvalue weighted by atomic mass is 16.7. The summed E-state index contributed by atoms with van der Waals surface area (Å²) >= 11 is 0. The van der Waals surface area contributed by atoms with E-state index in [1.54, 1.807) is 0 Å². The minimum atomic E-state index is -0.465. The first-order chi connectivity index (χ1) is 10.1. The van der Waals surface area contributed by atoms with Crippen LogP contribution in [0.4, 0.5) is 0 Å². The fraction of sp³-hybridized carbons (Fsp3) is 0.647. The second-order valence-corrected chi connectivity index (χ2v) is 6.36. The number of ether oxygens (including phenoxy) is 3. The Morgan fingerprint density at radius 3 is 2.67 bits per heavy atom. The topological polar surface area (TPSA) is 53.7 Å². The smallest absolute Gasteiger partial charge is 0.172 e. The molecule has 1 heterocycles. The van der Waals surface area contributed by atoms with E-state index in [0.29, 0.717) is 25.6 Å². The first-order valence-electron chi connectivity index (χ1n) is 7.89. The van der Waals surface area contributed by atoms with Crippen LogP contribution in [0.25, 0.3) is 0 Å². The monoisotopic (exact) mass is 291 g/mol. The molecule has 1 aliphatic heterocycles. The van der Waals surface area contributed by atoms with Gasteiger partial charge in [0.1, 0.15) is 11.9 Å². The van der Waals surface area contributed by atoms with E-state index in [2.05, 4.69) is 19.9 Å². The van der Waals surface area contributed by atoms with Crippen molar-refractivity contribution in [2.24, 2.45) is 5.73 Å². The van der Waals surface area contributed by atoms with Crippen molar-refractivity contribution >= 4 is 0 Å². The van der Waals surface area contributed by atoms with Crippen molar-refractivity contribution in [3.05, 3.63) is 29.8 Å². The maximum Gasteiger partial charge on any atom is 0.172 e. The molecule has 4 heteroatoms. The Morgan fingerprint density at radius 2 is 1.95 bits per heavy atom. The predicted octanol–water partition coefficient (Wildman–Crippen LogP) is 2.81. The van der Waals surface area contributed by atoms with Crippen LogP contribution in [0.5, 0.6) is 5.75 Å². The first-order valence-corrected chi connectivity index (χ1v) is 7.89. The van der Waals surface area contributed by atoms with Gasteiger partial charge in [0.15, 0.2) is 5.79 Å². The molecule has 1 aromatic rings. The number of nitrogens with two attached hydrogens (primary N) is 1. The van der Waals surface area contributed by atoms with Gasteiger partial charge in [0.2, 0.25) is 0 Å². The fourth-order valence-electron chi connectivity index (χ4n) is 3.25. The van der Waals surface area contributed by atoms with Crippen molar-refractivity contribution in [3.8, 4) is 5.75 Å². The second kappa shape index (κ2) is 5.95. The summed E-state index contributed by atoms with van der Waals surface area (Å²) in [5.41, 5.74) is 7.49. The van der Waals surface area contributed by atoms with Gasteiger partial charge in [-0.1, -0.05) is 32.0 Å². The van der Waals surface area contributed by atoms with Crippen LogP contribution in [0.1, 0.15) is 44.6 Å². The van der Waals surface area contributed by atoms with Crippen LogP contribution in [-0.4, -0.2) is 31.1 Å². The minimum Gasteiger partial charge on any atom is -0.488 e. The summed E-state index contributed by atoms with van der Waals surface area (Å²) in [4.78, 5) is 0. The molecule has 21 heavy (non-hydrogen) atoms. The van der Waals surface area contributed by atoms with Crippen LogP contribution in [0.3, 0.4) is 0 Å². The van der Waals surface area contributed by atoms with E-state index < -0.39 is 5.79 Å². The van der Waals surface area contributed by atoms with Crippen molar-refractivity contribution in [1.29, 1.82) is 0 Å². The van der Waals surface area contributed by atoms with Gasteiger partial charge in [-0.2, -0.15) is 0 Å². The van der Waals surface area contributed by atoms with Gasteiger partial charge in [-0.05, 0) is 24.0 Å². The zero-order chi connectivity index (χ0) is 14.9. The molecule has 1 aromatic carbocycles. The van der Waals surface area contributed by atoms with Crippen LogP contribution in [0.2, 0.25) is 0 Å². The molecule has 2 N–H and O–H groups in total. The second-order valence-electron chi connectivity index (χ2n) is 6.36. The molecule has 1 saturated heterocycles. The molecule has 4 nitrogen and oxygen atoms in total. The van der Waals surface area contributed by atoms with Crippen LogP contribution < -0.4 is 10.5 Å². The number of hydrogen-bond acceptors (Lipinski definition) is 4. The van der Waals surface area contributed by atoms with E-state index in [9.17, 15) is 0 Å². The van der Waals surface area contributed by atoms with Crippen molar-refractivity contribution in [2.75, 3.05) is 13.2 Å². The summed E-state index contributed by atoms with van der Waals surface area (Å²) in [7, 11) is 0. The Labute approximate surface area is 126 Å². The highest BCUT2D eigenvalue weighted by Gasteiger charge is 2.45. The Kier molecular flexibility index (Phi) is 4.20. The van der Waals surface area contributed by atoms with E-state index in [0.717, 1.165) is 18.6 Å². The van der Waals surface area contributed by atoms with Crippen molar-refractivity contribution < 1.29 is 14.2 Å². The van der Waals surface area contributed by atoms with Gasteiger partial charge in [-0.3, -0.25) is 0 Å². The van der Waals surface area contributed by atoms with Crippen LogP contribution in [-0.2, 0) is 9.47 Å². The number of benzene rings is 1. The molecule has 3 rings (SSSR count). The van der Waals surface area contributed by atoms with Gasteiger partial charge in [0, 0.05) is 18.9 Å². The number of para-hydroxylation sites is 1. The zero-order valence-corrected chi connectivity index (χ0v) is 12.9. The third-order valence-electron chi connectivity index (χ3n) is 4.48. The first kappa shape index (κ1) is 14.8. The standard InChI is InChI=1S/C17H25NO3/c1-12(2)13-5-3-4-6-15(13)21-16-11-17(8-7-14(16)18)19-9-10-20-17/h3-6,12,14,16H,7-11,18H2,1-2H3. The summed E-state index contributed by atoms with van der Waals surface area (Å²) in [5.74, 6) is 0.893. The van der Waals surface area contributed by atoms with Gasteiger partial charge < -0.3 is 19.9 Å². The molecule has 1 saturated carbocycles.